The first-order chi connectivity index (χ1) is 12.7. The lowest BCUT2D eigenvalue weighted by Gasteiger charge is -2.19. The number of benzene rings is 2. The largest absolute Gasteiger partial charge is 0.369 e. The van der Waals surface area contributed by atoms with E-state index in [0.717, 1.165) is 38.1 Å². The maximum Gasteiger partial charge on any atom is 0.319 e. The Labute approximate surface area is 158 Å². The molecular weight excluding hydrogens is 349 g/mol. The number of carbonyl (C=O) groups excluding carboxylic acids is 1. The number of thioether (sulfide) groups is 1. The minimum atomic E-state index is -0.303. The van der Waals surface area contributed by atoms with Gasteiger partial charge in [0.15, 0.2) is 0 Å². The molecule has 0 aromatic heterocycles. The van der Waals surface area contributed by atoms with E-state index in [0.29, 0.717) is 17.9 Å². The molecule has 4 nitrogen and oxygen atoms in total. The predicted molar refractivity (Wildman–Crippen MR) is 107 cm³/mol. The van der Waals surface area contributed by atoms with Gasteiger partial charge in [0, 0.05) is 30.2 Å². The molecule has 1 aliphatic heterocycles. The molecule has 0 aliphatic carbocycles. The van der Waals surface area contributed by atoms with Gasteiger partial charge in [-0.1, -0.05) is 18.2 Å². The van der Waals surface area contributed by atoms with E-state index < -0.39 is 0 Å². The Morgan fingerprint density at radius 1 is 1.12 bits per heavy atom. The number of hydrogen-bond donors (Lipinski definition) is 2. The Morgan fingerprint density at radius 3 is 2.62 bits per heavy atom. The Balaban J connectivity index is 1.38. The highest BCUT2D eigenvalue weighted by molar-refractivity contribution is 7.99. The van der Waals surface area contributed by atoms with Gasteiger partial charge in [0.05, 0.1) is 5.69 Å². The minimum Gasteiger partial charge on any atom is -0.369 e. The van der Waals surface area contributed by atoms with Crippen molar-refractivity contribution < 1.29 is 9.18 Å². The SMILES string of the molecule is O=C(NCCCSc1ccccc1)Nc1ccc(N2CCCC2)c(F)c1. The number of urea groups is 1. The zero-order valence-corrected chi connectivity index (χ0v) is 15.5. The van der Waals surface area contributed by atoms with Gasteiger partial charge >= 0.3 is 6.03 Å². The fourth-order valence-corrected chi connectivity index (χ4v) is 3.83. The molecule has 0 unspecified atom stereocenters. The van der Waals surface area contributed by atoms with Gasteiger partial charge in [-0.05, 0) is 55.3 Å². The third-order valence-corrected chi connectivity index (χ3v) is 5.37. The summed E-state index contributed by atoms with van der Waals surface area (Å²) in [5, 5.41) is 5.50. The fourth-order valence-electron chi connectivity index (χ4n) is 2.96. The molecule has 6 heteroatoms. The summed E-state index contributed by atoms with van der Waals surface area (Å²) in [5.41, 5.74) is 1.09. The molecule has 2 N–H and O–H groups in total. The molecule has 0 bridgehead atoms. The molecule has 2 amide bonds. The van der Waals surface area contributed by atoms with Gasteiger partial charge in [0.25, 0.3) is 0 Å². The van der Waals surface area contributed by atoms with Crippen LogP contribution >= 0.6 is 11.8 Å². The van der Waals surface area contributed by atoms with Gasteiger partial charge in [-0.3, -0.25) is 0 Å². The van der Waals surface area contributed by atoms with Crippen molar-refractivity contribution in [3.63, 3.8) is 0 Å². The normalized spacial score (nSPS) is 13.7. The molecule has 0 saturated carbocycles. The Morgan fingerprint density at radius 2 is 1.88 bits per heavy atom. The first-order valence-corrected chi connectivity index (χ1v) is 9.98. The van der Waals surface area contributed by atoms with E-state index in [1.54, 1.807) is 23.9 Å². The van der Waals surface area contributed by atoms with Crippen LogP contribution < -0.4 is 15.5 Å². The topological polar surface area (TPSA) is 44.4 Å². The summed E-state index contributed by atoms with van der Waals surface area (Å²) in [7, 11) is 0. The molecule has 3 rings (SSSR count). The van der Waals surface area contributed by atoms with Crippen LogP contribution in [-0.2, 0) is 0 Å². The monoisotopic (exact) mass is 373 g/mol. The van der Waals surface area contributed by atoms with Crippen LogP contribution in [0.3, 0.4) is 0 Å². The lowest BCUT2D eigenvalue weighted by molar-refractivity contribution is 0.252. The van der Waals surface area contributed by atoms with Crippen molar-refractivity contribution in [3.05, 3.63) is 54.3 Å². The summed E-state index contributed by atoms with van der Waals surface area (Å²) in [5.74, 6) is 0.646. The molecule has 138 valence electrons. The number of carbonyl (C=O) groups is 1. The number of rotatable bonds is 7. The van der Waals surface area contributed by atoms with Gasteiger partial charge in [-0.15, -0.1) is 11.8 Å². The molecule has 0 spiro atoms. The molecule has 0 atom stereocenters. The summed E-state index contributed by atoms with van der Waals surface area (Å²) in [6, 6.07) is 14.8. The first kappa shape index (κ1) is 18.6. The van der Waals surface area contributed by atoms with Crippen LogP contribution in [0, 0.1) is 5.82 Å². The minimum absolute atomic E-state index is 0.288. The van der Waals surface area contributed by atoms with E-state index in [1.807, 2.05) is 23.1 Å². The molecule has 1 heterocycles. The summed E-state index contributed by atoms with van der Waals surface area (Å²) >= 11 is 1.77. The zero-order chi connectivity index (χ0) is 18.2. The smallest absolute Gasteiger partial charge is 0.319 e. The maximum atomic E-state index is 14.2. The summed E-state index contributed by atoms with van der Waals surface area (Å²) in [6.07, 6.45) is 3.07. The molecular formula is C20H24FN3OS. The average molecular weight is 373 g/mol. The summed E-state index contributed by atoms with van der Waals surface area (Å²) < 4.78 is 14.2. The van der Waals surface area contributed by atoms with Crippen LogP contribution in [-0.4, -0.2) is 31.4 Å². The maximum absolute atomic E-state index is 14.2. The van der Waals surface area contributed by atoms with Crippen molar-refractivity contribution >= 4 is 29.2 Å². The van der Waals surface area contributed by atoms with Crippen LogP contribution in [0.1, 0.15) is 19.3 Å². The van der Waals surface area contributed by atoms with E-state index in [2.05, 4.69) is 22.8 Å². The molecule has 1 fully saturated rings. The van der Waals surface area contributed by atoms with Crippen molar-refractivity contribution in [3.8, 4) is 0 Å². The van der Waals surface area contributed by atoms with E-state index in [4.69, 9.17) is 0 Å². The molecule has 26 heavy (non-hydrogen) atoms. The van der Waals surface area contributed by atoms with Crippen LogP contribution in [0.4, 0.5) is 20.6 Å². The van der Waals surface area contributed by atoms with Gasteiger partial charge in [-0.25, -0.2) is 9.18 Å². The molecule has 0 radical (unpaired) electrons. The fraction of sp³-hybridized carbons (Fsp3) is 0.350. The van der Waals surface area contributed by atoms with Gasteiger partial charge in [0.1, 0.15) is 5.82 Å². The second kappa shape index (κ2) is 9.48. The van der Waals surface area contributed by atoms with Crippen LogP contribution in [0.5, 0.6) is 0 Å². The van der Waals surface area contributed by atoms with Crippen molar-refractivity contribution in [2.75, 3.05) is 35.6 Å². The van der Waals surface area contributed by atoms with Crippen molar-refractivity contribution in [2.24, 2.45) is 0 Å². The van der Waals surface area contributed by atoms with E-state index in [-0.39, 0.29) is 11.8 Å². The van der Waals surface area contributed by atoms with Crippen LogP contribution in [0.15, 0.2) is 53.4 Å². The highest BCUT2D eigenvalue weighted by Gasteiger charge is 2.16. The van der Waals surface area contributed by atoms with Crippen LogP contribution in [0.25, 0.3) is 0 Å². The molecule has 2 aromatic carbocycles. The van der Waals surface area contributed by atoms with Gasteiger partial charge in [0.2, 0.25) is 0 Å². The van der Waals surface area contributed by atoms with Crippen molar-refractivity contribution in [2.45, 2.75) is 24.2 Å². The highest BCUT2D eigenvalue weighted by Crippen LogP contribution is 2.26. The standard InChI is InChI=1S/C20H24FN3OS/c21-18-15-16(9-10-19(18)24-12-4-5-13-24)23-20(25)22-11-6-14-26-17-7-2-1-3-8-17/h1-3,7-10,15H,4-6,11-14H2,(H2,22,23,25). The average Bonchev–Trinajstić information content (AvgIpc) is 3.17. The lowest BCUT2D eigenvalue weighted by Crippen LogP contribution is -2.29. The third kappa shape index (κ3) is 5.39. The number of hydrogen-bond acceptors (Lipinski definition) is 3. The number of amides is 2. The Hall–Kier alpha value is -2.21. The second-order valence-corrected chi connectivity index (χ2v) is 7.42. The van der Waals surface area contributed by atoms with Crippen molar-refractivity contribution in [1.29, 1.82) is 0 Å². The highest BCUT2D eigenvalue weighted by atomic mass is 32.2. The first-order valence-electron chi connectivity index (χ1n) is 8.99. The number of nitrogens with zero attached hydrogens (tertiary/aromatic N) is 1. The lowest BCUT2D eigenvalue weighted by atomic mass is 10.2. The Bertz CT molecular complexity index is 720. The van der Waals surface area contributed by atoms with E-state index in [9.17, 15) is 9.18 Å². The number of nitrogens with one attached hydrogen (secondary N) is 2. The number of halogens is 1. The number of anilines is 2. The zero-order valence-electron chi connectivity index (χ0n) is 14.7. The summed E-state index contributed by atoms with van der Waals surface area (Å²) in [6.45, 7) is 2.37. The third-order valence-electron chi connectivity index (χ3n) is 4.27. The van der Waals surface area contributed by atoms with Gasteiger partial charge < -0.3 is 15.5 Å². The van der Waals surface area contributed by atoms with Crippen molar-refractivity contribution in [1.82, 2.24) is 5.32 Å². The summed E-state index contributed by atoms with van der Waals surface area (Å²) in [4.78, 5) is 15.2. The van der Waals surface area contributed by atoms with E-state index >= 15 is 0 Å². The quantitative estimate of drug-likeness (QED) is 0.545. The molecule has 2 aromatic rings. The Kier molecular flexibility index (Phi) is 6.77. The van der Waals surface area contributed by atoms with E-state index in [1.165, 1.54) is 11.0 Å². The molecule has 1 saturated heterocycles. The molecule has 1 aliphatic rings. The van der Waals surface area contributed by atoms with Gasteiger partial charge in [-0.2, -0.15) is 0 Å². The van der Waals surface area contributed by atoms with Crippen LogP contribution in [0.2, 0.25) is 0 Å². The predicted octanol–water partition coefficient (Wildman–Crippen LogP) is 4.73. The second-order valence-electron chi connectivity index (χ2n) is 6.26.